The lowest BCUT2D eigenvalue weighted by Crippen LogP contribution is -2.57. The number of benzene rings is 2. The Hall–Kier alpha value is -2.05. The molecular weight excluding hydrogens is 439 g/mol. The molecule has 2 atom stereocenters. The summed E-state index contributed by atoms with van der Waals surface area (Å²) in [5.74, 6) is 0.648. The molecule has 32 heavy (non-hydrogen) atoms. The summed E-state index contributed by atoms with van der Waals surface area (Å²) in [6.07, 6.45) is 1.71. The fourth-order valence-electron chi connectivity index (χ4n) is 5.10. The third-order valence-electron chi connectivity index (χ3n) is 6.97. The van der Waals surface area contributed by atoms with Gasteiger partial charge in [-0.25, -0.2) is 0 Å². The van der Waals surface area contributed by atoms with E-state index < -0.39 is 11.7 Å². The quantitative estimate of drug-likeness (QED) is 0.460. The van der Waals surface area contributed by atoms with Crippen LogP contribution in [0.5, 0.6) is 5.75 Å². The van der Waals surface area contributed by atoms with E-state index in [4.69, 9.17) is 16.3 Å². The average molecular weight is 466 g/mol. The van der Waals surface area contributed by atoms with Crippen LogP contribution in [0.15, 0.2) is 48.5 Å². The lowest BCUT2D eigenvalue weighted by molar-refractivity contribution is -0.137. The number of ether oxygens (including phenoxy) is 1. The van der Waals surface area contributed by atoms with E-state index in [1.807, 2.05) is 24.3 Å². The second-order valence-electron chi connectivity index (χ2n) is 8.93. The first-order valence-electron chi connectivity index (χ1n) is 11.1. The van der Waals surface area contributed by atoms with E-state index in [-0.39, 0.29) is 17.4 Å². The Morgan fingerprint density at radius 3 is 2.34 bits per heavy atom. The number of hydrogen-bond acceptors (Lipinski definition) is 3. The molecule has 3 nitrogen and oxygen atoms in total. The van der Waals surface area contributed by atoms with Crippen LogP contribution in [0.2, 0.25) is 5.02 Å². The molecule has 2 aromatic rings. The average Bonchev–Trinajstić information content (AvgIpc) is 2.75. The molecule has 4 rings (SSSR count). The summed E-state index contributed by atoms with van der Waals surface area (Å²) in [4.78, 5) is 14.6. The molecular formula is C25H27ClF3NO2. The maximum atomic E-state index is 12.7. The van der Waals surface area contributed by atoms with Crippen LogP contribution in [0.25, 0.3) is 0 Å². The highest BCUT2D eigenvalue weighted by Crippen LogP contribution is 2.48. The van der Waals surface area contributed by atoms with Crippen LogP contribution in [0.4, 0.5) is 13.2 Å². The second-order valence-corrected chi connectivity index (χ2v) is 9.37. The summed E-state index contributed by atoms with van der Waals surface area (Å²) in [5, 5.41) is 0.685. The number of hydrogen-bond donors (Lipinski definition) is 0. The van der Waals surface area contributed by atoms with Crippen molar-refractivity contribution in [2.75, 3.05) is 19.7 Å². The van der Waals surface area contributed by atoms with Crippen molar-refractivity contribution in [3.63, 3.8) is 0 Å². The SMILES string of the molecule is O=CC(N1CCCC(COc2ccc(C(F)(F)F)cc2)C1)C1(c2ccc(Cl)cc2)CCC1. The number of likely N-dealkylation sites (tertiary alicyclic amines) is 1. The number of rotatable bonds is 7. The Morgan fingerprint density at radius 1 is 1.09 bits per heavy atom. The largest absolute Gasteiger partial charge is 0.493 e. The van der Waals surface area contributed by atoms with Crippen LogP contribution in [0.1, 0.15) is 43.2 Å². The number of alkyl halides is 3. The van der Waals surface area contributed by atoms with Crippen LogP contribution in [-0.4, -0.2) is 36.9 Å². The molecule has 1 aliphatic heterocycles. The van der Waals surface area contributed by atoms with Gasteiger partial charge in [-0.15, -0.1) is 0 Å². The number of halogens is 4. The summed E-state index contributed by atoms with van der Waals surface area (Å²) >= 11 is 6.07. The summed E-state index contributed by atoms with van der Waals surface area (Å²) < 4.78 is 44.0. The van der Waals surface area contributed by atoms with Crippen molar-refractivity contribution < 1.29 is 22.7 Å². The van der Waals surface area contributed by atoms with Crippen LogP contribution in [-0.2, 0) is 16.4 Å². The van der Waals surface area contributed by atoms with Gasteiger partial charge in [0.05, 0.1) is 18.2 Å². The highest BCUT2D eigenvalue weighted by Gasteiger charge is 2.48. The Labute approximate surface area is 191 Å². The van der Waals surface area contributed by atoms with Gasteiger partial charge in [0, 0.05) is 22.9 Å². The molecule has 2 fully saturated rings. The Kier molecular flexibility index (Phi) is 6.82. The van der Waals surface area contributed by atoms with E-state index in [1.165, 1.54) is 12.1 Å². The first-order valence-corrected chi connectivity index (χ1v) is 11.4. The summed E-state index contributed by atoms with van der Waals surface area (Å²) in [6, 6.07) is 12.4. The first kappa shape index (κ1) is 23.1. The zero-order valence-electron chi connectivity index (χ0n) is 17.8. The third kappa shape index (κ3) is 4.81. The van der Waals surface area contributed by atoms with Crippen molar-refractivity contribution in [2.45, 2.75) is 49.7 Å². The monoisotopic (exact) mass is 465 g/mol. The highest BCUT2D eigenvalue weighted by molar-refractivity contribution is 6.30. The van der Waals surface area contributed by atoms with Crippen LogP contribution >= 0.6 is 11.6 Å². The molecule has 0 bridgehead atoms. The van der Waals surface area contributed by atoms with Gasteiger partial charge in [0.15, 0.2) is 0 Å². The maximum Gasteiger partial charge on any atom is 0.416 e. The maximum absolute atomic E-state index is 12.7. The molecule has 1 saturated heterocycles. The summed E-state index contributed by atoms with van der Waals surface area (Å²) in [6.45, 7) is 2.01. The van der Waals surface area contributed by atoms with Crippen LogP contribution in [0.3, 0.4) is 0 Å². The van der Waals surface area contributed by atoms with Crippen molar-refractivity contribution >= 4 is 17.9 Å². The minimum atomic E-state index is -4.35. The zero-order chi connectivity index (χ0) is 22.8. The fraction of sp³-hybridized carbons (Fsp3) is 0.480. The van der Waals surface area contributed by atoms with E-state index >= 15 is 0 Å². The van der Waals surface area contributed by atoms with Gasteiger partial charge in [0.1, 0.15) is 12.0 Å². The normalized spacial score (nSPS) is 22.1. The lowest BCUT2D eigenvalue weighted by Gasteiger charge is -2.51. The van der Waals surface area contributed by atoms with Crippen molar-refractivity contribution in [2.24, 2.45) is 5.92 Å². The molecule has 0 amide bonds. The molecule has 2 aromatic carbocycles. The van der Waals surface area contributed by atoms with Crippen molar-refractivity contribution in [1.29, 1.82) is 0 Å². The molecule has 1 heterocycles. The number of carbonyl (C=O) groups is 1. The molecule has 1 saturated carbocycles. The van der Waals surface area contributed by atoms with Crippen molar-refractivity contribution in [3.8, 4) is 5.75 Å². The van der Waals surface area contributed by atoms with Gasteiger partial charge in [0.2, 0.25) is 0 Å². The van der Waals surface area contributed by atoms with E-state index in [0.29, 0.717) is 17.4 Å². The zero-order valence-corrected chi connectivity index (χ0v) is 18.5. The molecule has 7 heteroatoms. The number of carbonyl (C=O) groups excluding carboxylic acids is 1. The third-order valence-corrected chi connectivity index (χ3v) is 7.22. The van der Waals surface area contributed by atoms with Crippen molar-refractivity contribution in [3.05, 3.63) is 64.7 Å². The number of nitrogens with zero attached hydrogens (tertiary/aromatic N) is 1. The second kappa shape index (κ2) is 9.44. The molecule has 1 aliphatic carbocycles. The summed E-state index contributed by atoms with van der Waals surface area (Å²) in [7, 11) is 0. The molecule has 0 radical (unpaired) electrons. The first-order chi connectivity index (χ1) is 15.3. The topological polar surface area (TPSA) is 29.5 Å². The smallest absolute Gasteiger partial charge is 0.416 e. The number of piperidine rings is 1. The standard InChI is InChI=1S/C25H27ClF3NO2/c26-21-8-4-19(5-9-21)24(12-2-13-24)23(16-31)30-14-1-3-18(15-30)17-32-22-10-6-20(7-11-22)25(27,28)29/h4-11,16,18,23H,1-3,12-15,17H2. The molecule has 0 spiro atoms. The van der Waals surface area contributed by atoms with E-state index in [9.17, 15) is 18.0 Å². The van der Waals surface area contributed by atoms with Crippen molar-refractivity contribution in [1.82, 2.24) is 4.90 Å². The minimum absolute atomic E-state index is 0.178. The van der Waals surface area contributed by atoms with Gasteiger partial charge in [-0.2, -0.15) is 13.2 Å². The van der Waals surface area contributed by atoms with Gasteiger partial charge in [-0.05, 0) is 74.2 Å². The predicted molar refractivity (Wildman–Crippen MR) is 118 cm³/mol. The summed E-state index contributed by atoms with van der Waals surface area (Å²) in [5.41, 5.74) is 0.298. The molecule has 0 N–H and O–H groups in total. The van der Waals surface area contributed by atoms with E-state index in [1.54, 1.807) is 0 Å². The minimum Gasteiger partial charge on any atom is -0.493 e. The van der Waals surface area contributed by atoms with E-state index in [0.717, 1.165) is 69.2 Å². The lowest BCUT2D eigenvalue weighted by atomic mass is 9.59. The molecule has 2 aliphatic rings. The molecule has 0 aromatic heterocycles. The highest BCUT2D eigenvalue weighted by atomic mass is 35.5. The Bertz CT molecular complexity index is 910. The van der Waals surface area contributed by atoms with E-state index in [2.05, 4.69) is 4.90 Å². The van der Waals surface area contributed by atoms with Gasteiger partial charge in [-0.3, -0.25) is 4.90 Å². The molecule has 2 unspecified atom stereocenters. The molecule has 172 valence electrons. The fourth-order valence-corrected chi connectivity index (χ4v) is 5.23. The Balaban J connectivity index is 1.41. The van der Waals surface area contributed by atoms with Gasteiger partial charge >= 0.3 is 6.18 Å². The van der Waals surface area contributed by atoms with Crippen LogP contribution < -0.4 is 4.74 Å². The number of aldehydes is 1. The Morgan fingerprint density at radius 2 is 1.78 bits per heavy atom. The van der Waals surface area contributed by atoms with Crippen LogP contribution in [0, 0.1) is 5.92 Å². The van der Waals surface area contributed by atoms with Gasteiger partial charge in [0.25, 0.3) is 0 Å². The van der Waals surface area contributed by atoms with Gasteiger partial charge < -0.3 is 9.53 Å². The van der Waals surface area contributed by atoms with Gasteiger partial charge in [-0.1, -0.05) is 30.2 Å². The predicted octanol–water partition coefficient (Wildman–Crippen LogP) is 6.14.